The second-order valence-electron chi connectivity index (χ2n) is 7.62. The minimum Gasteiger partial charge on any atom is -0.497 e. The lowest BCUT2D eigenvalue weighted by atomic mass is 10.1. The fourth-order valence-electron chi connectivity index (χ4n) is 3.82. The first-order valence-corrected chi connectivity index (χ1v) is 10.9. The van der Waals surface area contributed by atoms with Gasteiger partial charge >= 0.3 is 6.03 Å². The molecule has 1 aromatic heterocycles. The summed E-state index contributed by atoms with van der Waals surface area (Å²) in [4.78, 5) is 17.0. The Labute approximate surface area is 188 Å². The van der Waals surface area contributed by atoms with Crippen molar-refractivity contribution in [1.29, 1.82) is 0 Å². The van der Waals surface area contributed by atoms with E-state index < -0.39 is 0 Å². The molecule has 164 valence electrons. The molecule has 32 heavy (non-hydrogen) atoms. The van der Waals surface area contributed by atoms with Gasteiger partial charge < -0.3 is 19.9 Å². The van der Waals surface area contributed by atoms with Gasteiger partial charge in [0.2, 0.25) is 0 Å². The topological polar surface area (TPSA) is 68.2 Å². The number of aromatic nitrogens is 2. The van der Waals surface area contributed by atoms with Crippen LogP contribution in [-0.2, 0) is 25.9 Å². The summed E-state index contributed by atoms with van der Waals surface area (Å²) in [6.45, 7) is 3.49. The van der Waals surface area contributed by atoms with Crippen molar-refractivity contribution in [2.45, 2.75) is 32.9 Å². The first-order chi connectivity index (χ1) is 15.7. The van der Waals surface area contributed by atoms with E-state index in [-0.39, 0.29) is 6.03 Å². The SMILES string of the molecule is CCn1c(CCc2ccc(NC(=O)NCc3cccc(OC)c3)cc2)nc2ccccc21. The van der Waals surface area contributed by atoms with Crippen molar-refractivity contribution in [2.75, 3.05) is 12.4 Å². The molecule has 0 spiro atoms. The highest BCUT2D eigenvalue weighted by Crippen LogP contribution is 2.18. The average Bonchev–Trinajstić information content (AvgIpc) is 3.20. The van der Waals surface area contributed by atoms with Gasteiger partial charge in [-0.25, -0.2) is 9.78 Å². The maximum atomic E-state index is 12.2. The Kier molecular flexibility index (Phi) is 6.70. The van der Waals surface area contributed by atoms with E-state index in [0.717, 1.165) is 47.7 Å². The number of carbonyl (C=O) groups excluding carboxylic acids is 1. The van der Waals surface area contributed by atoms with E-state index in [1.165, 1.54) is 11.1 Å². The van der Waals surface area contributed by atoms with Crippen molar-refractivity contribution in [2.24, 2.45) is 0 Å². The van der Waals surface area contributed by atoms with E-state index in [1.807, 2.05) is 42.5 Å². The van der Waals surface area contributed by atoms with Crippen molar-refractivity contribution < 1.29 is 9.53 Å². The number of carbonyl (C=O) groups is 1. The van der Waals surface area contributed by atoms with Gasteiger partial charge in [-0.2, -0.15) is 0 Å². The highest BCUT2D eigenvalue weighted by Gasteiger charge is 2.09. The molecule has 0 bridgehead atoms. The highest BCUT2D eigenvalue weighted by atomic mass is 16.5. The summed E-state index contributed by atoms with van der Waals surface area (Å²) < 4.78 is 7.49. The quantitative estimate of drug-likeness (QED) is 0.407. The summed E-state index contributed by atoms with van der Waals surface area (Å²) in [5, 5.41) is 5.75. The predicted molar refractivity (Wildman–Crippen MR) is 128 cm³/mol. The fraction of sp³-hybridized carbons (Fsp3) is 0.231. The number of rotatable bonds is 8. The van der Waals surface area contributed by atoms with Gasteiger partial charge in [0.1, 0.15) is 11.6 Å². The van der Waals surface area contributed by atoms with E-state index in [4.69, 9.17) is 9.72 Å². The molecule has 0 saturated heterocycles. The van der Waals surface area contributed by atoms with Crippen molar-refractivity contribution in [3.63, 3.8) is 0 Å². The number of para-hydroxylation sites is 2. The van der Waals surface area contributed by atoms with E-state index in [1.54, 1.807) is 7.11 Å². The van der Waals surface area contributed by atoms with Crippen molar-refractivity contribution in [1.82, 2.24) is 14.9 Å². The molecule has 0 atom stereocenters. The molecule has 0 radical (unpaired) electrons. The third kappa shape index (κ3) is 5.09. The predicted octanol–water partition coefficient (Wildman–Crippen LogP) is 5.17. The Bertz CT molecular complexity index is 1200. The number of imidazole rings is 1. The van der Waals surface area contributed by atoms with Crippen LogP contribution in [0.2, 0.25) is 0 Å². The van der Waals surface area contributed by atoms with Crippen LogP contribution in [0.5, 0.6) is 5.75 Å². The second-order valence-corrected chi connectivity index (χ2v) is 7.62. The summed E-state index contributed by atoms with van der Waals surface area (Å²) in [6.07, 6.45) is 1.77. The third-order valence-electron chi connectivity index (χ3n) is 5.49. The largest absolute Gasteiger partial charge is 0.497 e. The van der Waals surface area contributed by atoms with Crippen LogP contribution in [-0.4, -0.2) is 22.7 Å². The van der Waals surface area contributed by atoms with Gasteiger partial charge in [0.25, 0.3) is 0 Å². The molecular weight excluding hydrogens is 400 g/mol. The van der Waals surface area contributed by atoms with Crippen LogP contribution in [0.3, 0.4) is 0 Å². The van der Waals surface area contributed by atoms with Crippen molar-refractivity contribution in [3.8, 4) is 5.75 Å². The Balaban J connectivity index is 1.31. The fourth-order valence-corrected chi connectivity index (χ4v) is 3.82. The Hall–Kier alpha value is -3.80. The second kappa shape index (κ2) is 10.0. The number of aryl methyl sites for hydroxylation is 3. The Morgan fingerprint density at radius 2 is 1.78 bits per heavy atom. The summed E-state index contributed by atoms with van der Waals surface area (Å²) in [6, 6.07) is 23.6. The summed E-state index contributed by atoms with van der Waals surface area (Å²) in [5.41, 5.74) is 5.18. The van der Waals surface area contributed by atoms with Crippen molar-refractivity contribution in [3.05, 3.63) is 89.7 Å². The normalized spacial score (nSPS) is 10.8. The van der Waals surface area contributed by atoms with Crippen LogP contribution >= 0.6 is 0 Å². The number of fused-ring (bicyclic) bond motifs is 1. The number of urea groups is 1. The van der Waals surface area contributed by atoms with Crippen LogP contribution in [0.4, 0.5) is 10.5 Å². The number of hydrogen-bond acceptors (Lipinski definition) is 3. The lowest BCUT2D eigenvalue weighted by Gasteiger charge is -2.10. The van der Waals surface area contributed by atoms with E-state index in [0.29, 0.717) is 6.54 Å². The number of anilines is 1. The smallest absolute Gasteiger partial charge is 0.319 e. The van der Waals surface area contributed by atoms with Crippen LogP contribution in [0.1, 0.15) is 23.9 Å². The van der Waals surface area contributed by atoms with Gasteiger partial charge in [-0.3, -0.25) is 0 Å². The van der Waals surface area contributed by atoms with Crippen LogP contribution in [0.15, 0.2) is 72.8 Å². The number of amides is 2. The van der Waals surface area contributed by atoms with Gasteiger partial charge in [-0.1, -0.05) is 36.4 Å². The van der Waals surface area contributed by atoms with E-state index in [9.17, 15) is 4.79 Å². The maximum Gasteiger partial charge on any atom is 0.319 e. The number of hydrogen-bond donors (Lipinski definition) is 2. The maximum absolute atomic E-state index is 12.2. The average molecular weight is 429 g/mol. The molecule has 0 aliphatic heterocycles. The first kappa shape index (κ1) is 21.4. The lowest BCUT2D eigenvalue weighted by Crippen LogP contribution is -2.28. The molecule has 0 aliphatic carbocycles. The Morgan fingerprint density at radius 1 is 0.969 bits per heavy atom. The summed E-state index contributed by atoms with van der Waals surface area (Å²) in [5.74, 6) is 1.88. The number of methoxy groups -OCH3 is 1. The van der Waals surface area contributed by atoms with Crippen molar-refractivity contribution >= 4 is 22.8 Å². The molecule has 4 aromatic rings. The molecule has 2 amide bonds. The highest BCUT2D eigenvalue weighted by molar-refractivity contribution is 5.89. The zero-order valence-electron chi connectivity index (χ0n) is 18.5. The van der Waals surface area contributed by atoms with E-state index >= 15 is 0 Å². The molecule has 0 saturated carbocycles. The zero-order chi connectivity index (χ0) is 22.3. The molecule has 1 heterocycles. The molecular formula is C26H28N4O2. The number of nitrogens with zero attached hydrogens (tertiary/aromatic N) is 2. The van der Waals surface area contributed by atoms with E-state index in [2.05, 4.69) is 52.5 Å². The first-order valence-electron chi connectivity index (χ1n) is 10.9. The molecule has 4 rings (SSSR count). The van der Waals surface area contributed by atoms with Crippen LogP contribution in [0.25, 0.3) is 11.0 Å². The Morgan fingerprint density at radius 3 is 2.56 bits per heavy atom. The molecule has 0 fully saturated rings. The van der Waals surface area contributed by atoms with Gasteiger partial charge in [0.05, 0.1) is 18.1 Å². The number of benzene rings is 3. The molecule has 6 heteroatoms. The van der Waals surface area contributed by atoms with Gasteiger partial charge in [-0.15, -0.1) is 0 Å². The zero-order valence-corrected chi connectivity index (χ0v) is 18.5. The molecule has 2 N–H and O–H groups in total. The molecule has 6 nitrogen and oxygen atoms in total. The minimum absolute atomic E-state index is 0.239. The van der Waals surface area contributed by atoms with Gasteiger partial charge in [0.15, 0.2) is 0 Å². The van der Waals surface area contributed by atoms with Crippen LogP contribution in [0, 0.1) is 0 Å². The molecule has 0 unspecified atom stereocenters. The van der Waals surface area contributed by atoms with Crippen LogP contribution < -0.4 is 15.4 Å². The van der Waals surface area contributed by atoms with Gasteiger partial charge in [-0.05, 0) is 60.9 Å². The molecule has 3 aromatic carbocycles. The lowest BCUT2D eigenvalue weighted by molar-refractivity contribution is 0.251. The van der Waals surface area contributed by atoms with Gasteiger partial charge in [0, 0.05) is 25.2 Å². The summed E-state index contributed by atoms with van der Waals surface area (Å²) >= 11 is 0. The summed E-state index contributed by atoms with van der Waals surface area (Å²) in [7, 11) is 1.63. The standard InChI is InChI=1S/C26H28N4O2/c1-3-30-24-10-5-4-9-23(24)29-25(30)16-13-19-11-14-21(15-12-19)28-26(31)27-18-20-7-6-8-22(17-20)32-2/h4-12,14-15,17H,3,13,16,18H2,1-2H3,(H2,27,28,31). The number of ether oxygens (including phenoxy) is 1. The molecule has 0 aliphatic rings. The third-order valence-corrected chi connectivity index (χ3v) is 5.49. The minimum atomic E-state index is -0.239. The number of nitrogens with one attached hydrogen (secondary N) is 2. The monoisotopic (exact) mass is 428 g/mol.